The first kappa shape index (κ1) is 11.1. The van der Waals surface area contributed by atoms with Gasteiger partial charge in [-0.25, -0.2) is 0 Å². The molecule has 4 nitrogen and oxygen atoms in total. The molecular weight excluding hydrogens is 202 g/mol. The number of ketones is 1. The van der Waals surface area contributed by atoms with E-state index in [1.807, 2.05) is 12.1 Å². The maximum Gasteiger partial charge on any atom is 0.178 e. The number of Topliss-reactive ketones (excluding diaryl/α,β-unsaturated/α-hetero) is 1. The monoisotopic (exact) mass is 219 g/mol. The minimum absolute atomic E-state index is 0.111. The number of carbonyl (C=O) groups excluding carboxylic acids is 1. The normalized spacial score (nSPS) is 17.2. The van der Waals surface area contributed by atoms with Crippen molar-refractivity contribution >= 4 is 11.5 Å². The number of benzene rings is 1. The summed E-state index contributed by atoms with van der Waals surface area (Å²) >= 11 is 0. The molecule has 3 N–H and O–H groups in total. The minimum atomic E-state index is 0.111. The first-order valence-corrected chi connectivity index (χ1v) is 5.58. The molecular formula is C12H17N3O. The fourth-order valence-electron chi connectivity index (χ4n) is 1.91. The van der Waals surface area contributed by atoms with Crippen LogP contribution in [0.25, 0.3) is 0 Å². The maximum atomic E-state index is 12.0. The molecule has 0 aliphatic carbocycles. The molecule has 0 atom stereocenters. The van der Waals surface area contributed by atoms with Crippen molar-refractivity contribution in [2.24, 2.45) is 0 Å². The Morgan fingerprint density at radius 3 is 2.69 bits per heavy atom. The van der Waals surface area contributed by atoms with Crippen molar-refractivity contribution in [3.63, 3.8) is 0 Å². The van der Waals surface area contributed by atoms with Crippen LogP contribution in [-0.4, -0.2) is 43.4 Å². The predicted molar refractivity (Wildman–Crippen MR) is 64.5 cm³/mol. The van der Waals surface area contributed by atoms with E-state index in [4.69, 9.17) is 5.73 Å². The van der Waals surface area contributed by atoms with Gasteiger partial charge in [0.25, 0.3) is 0 Å². The second-order valence-corrected chi connectivity index (χ2v) is 4.04. The summed E-state index contributed by atoms with van der Waals surface area (Å²) in [5, 5.41) is 3.26. The van der Waals surface area contributed by atoms with Crippen molar-refractivity contribution in [1.29, 1.82) is 0 Å². The van der Waals surface area contributed by atoms with Crippen molar-refractivity contribution in [2.45, 2.75) is 0 Å². The first-order chi connectivity index (χ1) is 7.77. The van der Waals surface area contributed by atoms with Crippen LogP contribution in [0.3, 0.4) is 0 Å². The van der Waals surface area contributed by atoms with E-state index in [0.717, 1.165) is 26.2 Å². The van der Waals surface area contributed by atoms with E-state index in [1.54, 1.807) is 12.1 Å². The van der Waals surface area contributed by atoms with E-state index in [0.29, 0.717) is 17.8 Å². The third-order valence-corrected chi connectivity index (χ3v) is 2.84. The van der Waals surface area contributed by atoms with Gasteiger partial charge >= 0.3 is 0 Å². The van der Waals surface area contributed by atoms with Gasteiger partial charge < -0.3 is 11.1 Å². The Morgan fingerprint density at radius 1 is 1.31 bits per heavy atom. The number of carbonyl (C=O) groups is 1. The molecule has 0 bridgehead atoms. The van der Waals surface area contributed by atoms with Crippen LogP contribution >= 0.6 is 0 Å². The molecule has 0 spiro atoms. The van der Waals surface area contributed by atoms with E-state index in [9.17, 15) is 4.79 Å². The zero-order valence-corrected chi connectivity index (χ0v) is 9.28. The second-order valence-electron chi connectivity index (χ2n) is 4.04. The summed E-state index contributed by atoms with van der Waals surface area (Å²) in [5.41, 5.74) is 6.99. The van der Waals surface area contributed by atoms with Gasteiger partial charge in [0.05, 0.1) is 6.54 Å². The fraction of sp³-hybridized carbons (Fsp3) is 0.417. The predicted octanol–water partition coefficient (Wildman–Crippen LogP) is 0.357. The van der Waals surface area contributed by atoms with Crippen molar-refractivity contribution in [2.75, 3.05) is 38.5 Å². The molecule has 1 aromatic rings. The smallest absolute Gasteiger partial charge is 0.178 e. The van der Waals surface area contributed by atoms with Gasteiger partial charge in [0.1, 0.15) is 0 Å². The van der Waals surface area contributed by atoms with Crippen LogP contribution in [0.5, 0.6) is 0 Å². The van der Waals surface area contributed by atoms with E-state index in [-0.39, 0.29) is 5.78 Å². The minimum Gasteiger partial charge on any atom is -0.398 e. The summed E-state index contributed by atoms with van der Waals surface area (Å²) in [7, 11) is 0. The van der Waals surface area contributed by atoms with Gasteiger partial charge in [-0.2, -0.15) is 0 Å². The topological polar surface area (TPSA) is 58.4 Å². The molecule has 1 aliphatic rings. The van der Waals surface area contributed by atoms with Gasteiger partial charge in [0.2, 0.25) is 0 Å². The Balaban J connectivity index is 2.00. The number of hydrogen-bond donors (Lipinski definition) is 2. The summed E-state index contributed by atoms with van der Waals surface area (Å²) < 4.78 is 0. The van der Waals surface area contributed by atoms with Crippen LogP contribution in [0.1, 0.15) is 10.4 Å². The molecule has 0 amide bonds. The first-order valence-electron chi connectivity index (χ1n) is 5.58. The van der Waals surface area contributed by atoms with Crippen molar-refractivity contribution in [1.82, 2.24) is 10.2 Å². The number of hydrogen-bond acceptors (Lipinski definition) is 4. The molecule has 1 aliphatic heterocycles. The van der Waals surface area contributed by atoms with Gasteiger partial charge in [0.15, 0.2) is 5.78 Å². The maximum absolute atomic E-state index is 12.0. The van der Waals surface area contributed by atoms with Crippen LogP contribution in [0.2, 0.25) is 0 Å². The van der Waals surface area contributed by atoms with Crippen LogP contribution in [0.15, 0.2) is 24.3 Å². The Labute approximate surface area is 95.4 Å². The Bertz CT molecular complexity index is 372. The molecule has 16 heavy (non-hydrogen) atoms. The lowest BCUT2D eigenvalue weighted by Gasteiger charge is -2.26. The Morgan fingerprint density at radius 2 is 2.00 bits per heavy atom. The van der Waals surface area contributed by atoms with Gasteiger partial charge in [-0.15, -0.1) is 0 Å². The molecule has 0 aromatic heterocycles. The zero-order chi connectivity index (χ0) is 11.4. The Hall–Kier alpha value is -1.39. The van der Waals surface area contributed by atoms with E-state index >= 15 is 0 Å². The Kier molecular flexibility index (Phi) is 3.54. The summed E-state index contributed by atoms with van der Waals surface area (Å²) in [4.78, 5) is 14.1. The molecule has 0 saturated carbocycles. The number of nitrogens with two attached hydrogens (primary N) is 1. The molecule has 1 aromatic carbocycles. The van der Waals surface area contributed by atoms with Gasteiger partial charge in [-0.05, 0) is 12.1 Å². The highest BCUT2D eigenvalue weighted by atomic mass is 16.1. The van der Waals surface area contributed by atoms with Crippen molar-refractivity contribution in [3.8, 4) is 0 Å². The highest BCUT2D eigenvalue weighted by Crippen LogP contribution is 2.11. The standard InChI is InChI=1S/C12H17N3O/c13-11-4-2-1-3-10(11)12(16)9-15-7-5-14-6-8-15/h1-4,14H,5-9,13H2. The van der Waals surface area contributed by atoms with E-state index in [2.05, 4.69) is 10.2 Å². The fourth-order valence-corrected chi connectivity index (χ4v) is 1.91. The lowest BCUT2D eigenvalue weighted by atomic mass is 10.1. The SMILES string of the molecule is Nc1ccccc1C(=O)CN1CCNCC1. The highest BCUT2D eigenvalue weighted by molar-refractivity contribution is 6.02. The van der Waals surface area contributed by atoms with Crippen LogP contribution in [0.4, 0.5) is 5.69 Å². The average molecular weight is 219 g/mol. The van der Waals surface area contributed by atoms with Crippen molar-refractivity contribution in [3.05, 3.63) is 29.8 Å². The third kappa shape index (κ3) is 2.59. The number of nitrogens with zero attached hydrogens (tertiary/aromatic N) is 1. The molecule has 1 saturated heterocycles. The van der Waals surface area contributed by atoms with E-state index in [1.165, 1.54) is 0 Å². The number of para-hydroxylation sites is 1. The third-order valence-electron chi connectivity index (χ3n) is 2.84. The second kappa shape index (κ2) is 5.09. The van der Waals surface area contributed by atoms with Crippen molar-refractivity contribution < 1.29 is 4.79 Å². The molecule has 0 unspecified atom stereocenters. The van der Waals surface area contributed by atoms with Gasteiger partial charge in [-0.3, -0.25) is 9.69 Å². The number of nitrogens with one attached hydrogen (secondary N) is 1. The van der Waals surface area contributed by atoms with E-state index < -0.39 is 0 Å². The number of piperazine rings is 1. The number of rotatable bonds is 3. The zero-order valence-electron chi connectivity index (χ0n) is 9.28. The molecule has 2 rings (SSSR count). The average Bonchev–Trinajstić information content (AvgIpc) is 2.31. The largest absolute Gasteiger partial charge is 0.398 e. The summed E-state index contributed by atoms with van der Waals surface area (Å²) in [6.45, 7) is 4.24. The molecule has 1 heterocycles. The number of nitrogen functional groups attached to an aromatic ring is 1. The molecule has 1 fully saturated rings. The van der Waals surface area contributed by atoms with Crippen LogP contribution in [0, 0.1) is 0 Å². The number of anilines is 1. The molecule has 4 heteroatoms. The summed E-state index contributed by atoms with van der Waals surface area (Å²) in [5.74, 6) is 0.111. The molecule has 0 radical (unpaired) electrons. The summed E-state index contributed by atoms with van der Waals surface area (Å²) in [6.07, 6.45) is 0. The van der Waals surface area contributed by atoms with Crippen LogP contribution in [-0.2, 0) is 0 Å². The lowest BCUT2D eigenvalue weighted by molar-refractivity contribution is 0.0922. The highest BCUT2D eigenvalue weighted by Gasteiger charge is 2.15. The quantitative estimate of drug-likeness (QED) is 0.569. The van der Waals surface area contributed by atoms with Gasteiger partial charge in [0, 0.05) is 37.4 Å². The van der Waals surface area contributed by atoms with Gasteiger partial charge in [-0.1, -0.05) is 12.1 Å². The summed E-state index contributed by atoms with van der Waals surface area (Å²) in [6, 6.07) is 7.25. The molecule has 86 valence electrons. The lowest BCUT2D eigenvalue weighted by Crippen LogP contribution is -2.45. The van der Waals surface area contributed by atoms with Crippen LogP contribution < -0.4 is 11.1 Å².